The molecule has 0 fully saturated rings. The van der Waals surface area contributed by atoms with Crippen molar-refractivity contribution in [2.24, 2.45) is 0 Å². The van der Waals surface area contributed by atoms with Crippen molar-refractivity contribution in [1.29, 1.82) is 0 Å². The maximum absolute atomic E-state index is 5.67. The van der Waals surface area contributed by atoms with Gasteiger partial charge >= 0.3 is 6.00 Å². The molecule has 4 heteroatoms. The van der Waals surface area contributed by atoms with Crippen molar-refractivity contribution in [3.05, 3.63) is 41.6 Å². The number of rotatable bonds is 2. The van der Waals surface area contributed by atoms with Crippen LogP contribution < -0.4 is 0 Å². The molecule has 0 saturated heterocycles. The van der Waals surface area contributed by atoms with Crippen LogP contribution in [0.15, 0.2) is 36.0 Å². The van der Waals surface area contributed by atoms with E-state index in [4.69, 9.17) is 33.2 Å². The normalized spacial score (nSPS) is 12.2. The predicted octanol–water partition coefficient (Wildman–Crippen LogP) is 3.89. The summed E-state index contributed by atoms with van der Waals surface area (Å²) in [5.74, 6) is 0. The number of benzene rings is 1. The van der Waals surface area contributed by atoms with Gasteiger partial charge in [0.1, 0.15) is 0 Å². The third-order valence-corrected chi connectivity index (χ3v) is 2.94. The fourth-order valence-electron chi connectivity index (χ4n) is 0.755. The van der Waals surface area contributed by atoms with Gasteiger partial charge in [0.15, 0.2) is 0 Å². The van der Waals surface area contributed by atoms with Gasteiger partial charge in [-0.2, -0.15) is 0 Å². The highest BCUT2D eigenvalue weighted by molar-refractivity contribution is 7.66. The third kappa shape index (κ3) is 4.17. The van der Waals surface area contributed by atoms with Crippen molar-refractivity contribution in [2.75, 3.05) is 0 Å². The number of hydrogen-bond donors (Lipinski definition) is 0. The summed E-state index contributed by atoms with van der Waals surface area (Å²) < 4.78 is 0. The first-order valence-electron chi connectivity index (χ1n) is 3.39. The lowest BCUT2D eigenvalue weighted by Gasteiger charge is -1.98. The molecule has 0 radical (unpaired) electrons. The van der Waals surface area contributed by atoms with Gasteiger partial charge in [-0.15, -0.1) is 33.2 Å². The predicted molar refractivity (Wildman–Crippen MR) is 58.8 cm³/mol. The summed E-state index contributed by atoms with van der Waals surface area (Å²) >= 11 is 17.0. The van der Waals surface area contributed by atoms with Crippen LogP contribution in [0.1, 0.15) is 5.56 Å². The molecule has 0 spiro atoms. The van der Waals surface area contributed by atoms with E-state index in [-0.39, 0.29) is 0 Å². The second-order valence-electron chi connectivity index (χ2n) is 2.29. The molecule has 1 aromatic rings. The van der Waals surface area contributed by atoms with Crippen molar-refractivity contribution in [3.8, 4) is 0 Å². The topological polar surface area (TPSA) is 0 Å². The van der Waals surface area contributed by atoms with Gasteiger partial charge < -0.3 is 0 Å². The molecule has 12 heavy (non-hydrogen) atoms. The summed E-state index contributed by atoms with van der Waals surface area (Å²) in [6.07, 6.45) is 1.83. The van der Waals surface area contributed by atoms with Crippen molar-refractivity contribution in [2.45, 2.75) is 0 Å². The maximum atomic E-state index is 5.67. The van der Waals surface area contributed by atoms with Gasteiger partial charge in [-0.25, -0.2) is 0 Å². The molecule has 0 heterocycles. The molecule has 64 valence electrons. The molecular weight excluding hydrogens is 231 g/mol. The largest absolute Gasteiger partial charge is 0.365 e. The minimum Gasteiger partial charge on any atom is -0.121 e. The second-order valence-corrected chi connectivity index (χ2v) is 10.8. The average molecular weight is 238 g/mol. The summed E-state index contributed by atoms with van der Waals surface area (Å²) in [6.45, 7) is 0. The minimum atomic E-state index is -2.60. The van der Waals surface area contributed by atoms with Crippen LogP contribution in [0.5, 0.6) is 0 Å². The molecule has 1 rings (SSSR count). The SMILES string of the molecule is Cl[Si](Cl)(Cl)/C=C/c1ccccc1. The molecule has 0 bridgehead atoms. The monoisotopic (exact) mass is 236 g/mol. The Hall–Kier alpha value is 0.0469. The highest BCUT2D eigenvalue weighted by Gasteiger charge is 2.19. The zero-order valence-electron chi connectivity index (χ0n) is 6.18. The van der Waals surface area contributed by atoms with Crippen LogP contribution in [-0.2, 0) is 0 Å². The first kappa shape index (κ1) is 10.1. The molecule has 0 aliphatic rings. The first-order valence-corrected chi connectivity index (χ1v) is 8.50. The maximum Gasteiger partial charge on any atom is 0.365 e. The van der Waals surface area contributed by atoms with Crippen LogP contribution in [0, 0.1) is 0 Å². The zero-order chi connectivity index (χ0) is 9.03. The molecular formula is C8H7Cl3Si. The highest BCUT2D eigenvalue weighted by atomic mass is 35.8. The van der Waals surface area contributed by atoms with E-state index >= 15 is 0 Å². The second kappa shape index (κ2) is 4.33. The number of halogens is 3. The molecule has 0 aromatic heterocycles. The first-order chi connectivity index (χ1) is 5.58. The van der Waals surface area contributed by atoms with Gasteiger partial charge in [-0.1, -0.05) is 42.1 Å². The van der Waals surface area contributed by atoms with E-state index in [1.807, 2.05) is 36.4 Å². The lowest BCUT2D eigenvalue weighted by Crippen LogP contribution is -2.02. The van der Waals surface area contributed by atoms with E-state index in [9.17, 15) is 0 Å². The van der Waals surface area contributed by atoms with E-state index in [1.54, 1.807) is 5.70 Å². The third-order valence-electron chi connectivity index (χ3n) is 1.26. The molecule has 0 nitrogen and oxygen atoms in total. The van der Waals surface area contributed by atoms with Gasteiger partial charge in [0.05, 0.1) is 0 Å². The standard InChI is InChI=1S/C8H7Cl3Si/c9-12(10,11)7-6-8-4-2-1-3-5-8/h1-7H/b7-6+. The lowest BCUT2D eigenvalue weighted by atomic mass is 10.2. The Balaban J connectivity index is 2.71. The van der Waals surface area contributed by atoms with Crippen molar-refractivity contribution in [3.63, 3.8) is 0 Å². The minimum absolute atomic E-state index is 1.05. The quantitative estimate of drug-likeness (QED) is 0.541. The summed E-state index contributed by atoms with van der Waals surface area (Å²) in [4.78, 5) is 0. The van der Waals surface area contributed by atoms with Crippen LogP contribution in [0.3, 0.4) is 0 Å². The van der Waals surface area contributed by atoms with Crippen LogP contribution >= 0.6 is 33.2 Å². The van der Waals surface area contributed by atoms with E-state index in [2.05, 4.69) is 0 Å². The molecule has 0 aliphatic carbocycles. The van der Waals surface area contributed by atoms with Gasteiger partial charge in [0, 0.05) is 0 Å². The summed E-state index contributed by atoms with van der Waals surface area (Å²) in [6, 6.07) is 7.15. The highest BCUT2D eigenvalue weighted by Crippen LogP contribution is 2.22. The smallest absolute Gasteiger partial charge is 0.121 e. The Bertz CT molecular complexity index is 263. The van der Waals surface area contributed by atoms with Crippen molar-refractivity contribution >= 4 is 45.3 Å². The van der Waals surface area contributed by atoms with Crippen LogP contribution in [0.2, 0.25) is 0 Å². The molecule has 0 atom stereocenters. The van der Waals surface area contributed by atoms with E-state index < -0.39 is 6.00 Å². The average Bonchev–Trinajstić information content (AvgIpc) is 2.02. The molecule has 0 N–H and O–H groups in total. The molecule has 0 unspecified atom stereocenters. The van der Waals surface area contributed by atoms with Gasteiger partial charge in [-0.05, 0) is 5.56 Å². The zero-order valence-corrected chi connectivity index (χ0v) is 9.44. The van der Waals surface area contributed by atoms with E-state index in [0.717, 1.165) is 5.56 Å². The fourth-order valence-corrected chi connectivity index (χ4v) is 1.70. The Kier molecular flexibility index (Phi) is 3.66. The number of hydrogen-bond acceptors (Lipinski definition) is 0. The summed E-state index contributed by atoms with van der Waals surface area (Å²) in [5, 5.41) is 0. The molecule has 1 aromatic carbocycles. The fraction of sp³-hybridized carbons (Fsp3) is 0. The van der Waals surface area contributed by atoms with Gasteiger partial charge in [0.2, 0.25) is 0 Å². The van der Waals surface area contributed by atoms with E-state index in [1.165, 1.54) is 0 Å². The summed E-state index contributed by atoms with van der Waals surface area (Å²) in [7, 11) is 0. The van der Waals surface area contributed by atoms with Gasteiger partial charge in [0.25, 0.3) is 0 Å². The van der Waals surface area contributed by atoms with Crippen LogP contribution in [0.4, 0.5) is 0 Å². The molecule has 0 amide bonds. The summed E-state index contributed by atoms with van der Waals surface area (Å²) in [5.41, 5.74) is 2.71. The Morgan fingerprint density at radius 1 is 1.00 bits per heavy atom. The Morgan fingerprint density at radius 3 is 2.08 bits per heavy atom. The lowest BCUT2D eigenvalue weighted by molar-refractivity contribution is 1.66. The van der Waals surface area contributed by atoms with Crippen LogP contribution in [0.25, 0.3) is 6.08 Å². The van der Waals surface area contributed by atoms with Crippen molar-refractivity contribution < 1.29 is 0 Å². The molecule has 0 saturated carbocycles. The van der Waals surface area contributed by atoms with Crippen LogP contribution in [-0.4, -0.2) is 6.00 Å². The van der Waals surface area contributed by atoms with E-state index in [0.29, 0.717) is 0 Å². The van der Waals surface area contributed by atoms with Crippen molar-refractivity contribution in [1.82, 2.24) is 0 Å². The Morgan fingerprint density at radius 2 is 1.58 bits per heavy atom. The molecule has 0 aliphatic heterocycles. The Labute approximate surface area is 86.9 Å². The van der Waals surface area contributed by atoms with Gasteiger partial charge in [-0.3, -0.25) is 0 Å².